The van der Waals surface area contributed by atoms with Crippen LogP contribution in [0.1, 0.15) is 67.0 Å². The minimum absolute atomic E-state index is 0.140. The molecule has 1 N–H and O–H groups in total. The molecule has 14 heteroatoms. The third-order valence-electron chi connectivity index (χ3n) is 4.14. The highest BCUT2D eigenvalue weighted by Crippen LogP contribution is 2.51. The van der Waals surface area contributed by atoms with Crippen LogP contribution >= 0.6 is 15.2 Å². The van der Waals surface area contributed by atoms with E-state index in [-0.39, 0.29) is 50.3 Å². The maximum absolute atomic E-state index is 13.1. The van der Waals surface area contributed by atoms with E-state index in [9.17, 15) is 18.7 Å². The third kappa shape index (κ3) is 12.0. The van der Waals surface area contributed by atoms with Gasteiger partial charge in [-0.05, 0) is 62.3 Å². The Bertz CT molecular complexity index is 947. The van der Waals surface area contributed by atoms with E-state index < -0.39 is 32.5 Å². The van der Waals surface area contributed by atoms with Gasteiger partial charge >= 0.3 is 20.9 Å². The molecule has 0 aliphatic heterocycles. The smallest absolute Gasteiger partial charge is 0.356 e. The third-order valence-corrected chi connectivity index (χ3v) is 8.11. The molecule has 1 aromatic rings. The average Bonchev–Trinajstić information content (AvgIpc) is 2.67. The molecular weight excluding hydrogens is 514 g/mol. The highest BCUT2D eigenvalue weighted by molar-refractivity contribution is 7.53. The number of rotatable bonds is 17. The van der Waals surface area contributed by atoms with Gasteiger partial charge in [0.2, 0.25) is 0 Å². The summed E-state index contributed by atoms with van der Waals surface area (Å²) in [4.78, 5) is 26.6. The van der Waals surface area contributed by atoms with Crippen LogP contribution in [0.4, 0.5) is 0 Å². The van der Waals surface area contributed by atoms with Crippen molar-refractivity contribution in [1.29, 1.82) is 0 Å². The maximum atomic E-state index is 13.1. The van der Waals surface area contributed by atoms with Crippen molar-refractivity contribution < 1.29 is 36.7 Å². The predicted molar refractivity (Wildman–Crippen MR) is 137 cm³/mol. The van der Waals surface area contributed by atoms with Gasteiger partial charge in [-0.1, -0.05) is 0 Å². The van der Waals surface area contributed by atoms with Crippen molar-refractivity contribution >= 4 is 15.2 Å². The summed E-state index contributed by atoms with van der Waals surface area (Å²) in [6.45, 7) is 15.1. The Morgan fingerprint density at radius 2 is 1.11 bits per heavy atom. The molecule has 36 heavy (non-hydrogen) atoms. The van der Waals surface area contributed by atoms with Gasteiger partial charge in [-0.3, -0.25) is 23.5 Å². The lowest BCUT2D eigenvalue weighted by Crippen LogP contribution is -2.36. The number of hydrogen-bond donors (Lipinski definition) is 1. The molecule has 12 nitrogen and oxygen atoms in total. The van der Waals surface area contributed by atoms with Crippen molar-refractivity contribution in [2.45, 2.75) is 92.8 Å². The predicted octanol–water partition coefficient (Wildman–Crippen LogP) is 4.42. The summed E-state index contributed by atoms with van der Waals surface area (Å²) in [5, 5.41) is 0. The zero-order valence-corrected chi connectivity index (χ0v) is 24.5. The normalized spacial score (nSPS) is 13.2. The van der Waals surface area contributed by atoms with Crippen LogP contribution in [0.5, 0.6) is 0 Å². The van der Waals surface area contributed by atoms with Crippen molar-refractivity contribution in [1.82, 2.24) is 9.55 Å². The molecule has 0 bridgehead atoms. The quantitative estimate of drug-likeness (QED) is 0.274. The average molecular weight is 557 g/mol. The number of H-pyrrole nitrogens is 1. The first kappa shape index (κ1) is 32.9. The number of hydrogen-bond acceptors (Lipinski definition) is 10. The lowest BCUT2D eigenvalue weighted by atomic mass is 10.3. The zero-order chi connectivity index (χ0) is 27.7. The van der Waals surface area contributed by atoms with E-state index >= 15 is 0 Å². The fourth-order valence-electron chi connectivity index (χ4n) is 3.12. The molecule has 0 aliphatic carbocycles. The van der Waals surface area contributed by atoms with Gasteiger partial charge in [0.15, 0.2) is 0 Å². The second-order valence-corrected chi connectivity index (χ2v) is 13.3. The summed E-state index contributed by atoms with van der Waals surface area (Å²) >= 11 is 0. The van der Waals surface area contributed by atoms with Gasteiger partial charge in [0.25, 0.3) is 5.56 Å². The Labute approximate surface area is 213 Å². The lowest BCUT2D eigenvalue weighted by molar-refractivity contribution is 0.0451. The van der Waals surface area contributed by atoms with Crippen LogP contribution in [0.25, 0.3) is 0 Å². The highest BCUT2D eigenvalue weighted by atomic mass is 31.2. The Morgan fingerprint density at radius 3 is 1.44 bits per heavy atom. The van der Waals surface area contributed by atoms with Gasteiger partial charge in [-0.15, -0.1) is 0 Å². The van der Waals surface area contributed by atoms with E-state index in [2.05, 4.69) is 4.98 Å². The highest BCUT2D eigenvalue weighted by Gasteiger charge is 2.31. The van der Waals surface area contributed by atoms with Crippen molar-refractivity contribution in [3.8, 4) is 0 Å². The summed E-state index contributed by atoms with van der Waals surface area (Å²) in [5.41, 5.74) is -0.895. The van der Waals surface area contributed by atoms with E-state index in [1.807, 2.05) is 0 Å². The molecular formula is C22H42N2O10P2. The Balaban J connectivity index is 3.08. The topological polar surface area (TPSA) is 144 Å². The molecule has 0 amide bonds. The van der Waals surface area contributed by atoms with Crippen LogP contribution in [0.3, 0.4) is 0 Å². The first-order valence-electron chi connectivity index (χ1n) is 11.9. The minimum Gasteiger partial charge on any atom is -0.367 e. The van der Waals surface area contributed by atoms with Crippen LogP contribution in [0, 0.1) is 6.92 Å². The van der Waals surface area contributed by atoms with E-state index in [0.29, 0.717) is 5.56 Å². The Hall–Kier alpha value is -1.10. The van der Waals surface area contributed by atoms with Gasteiger partial charge in [-0.2, -0.15) is 0 Å². The molecule has 1 rings (SSSR count). The second kappa shape index (κ2) is 14.7. The molecule has 0 radical (unpaired) electrons. The number of ether oxygens (including phenoxy) is 2. The van der Waals surface area contributed by atoms with Crippen molar-refractivity contribution in [3.05, 3.63) is 32.6 Å². The van der Waals surface area contributed by atoms with E-state index in [1.165, 1.54) is 10.8 Å². The van der Waals surface area contributed by atoms with E-state index in [0.717, 1.165) is 0 Å². The largest absolute Gasteiger partial charge is 0.367 e. The van der Waals surface area contributed by atoms with Crippen molar-refractivity contribution in [3.63, 3.8) is 0 Å². The van der Waals surface area contributed by atoms with Gasteiger partial charge in [-0.25, -0.2) is 4.79 Å². The molecule has 0 unspecified atom stereocenters. The fraction of sp³-hybridized carbons (Fsp3) is 0.818. The van der Waals surface area contributed by atoms with Gasteiger partial charge in [0.1, 0.15) is 12.7 Å². The van der Waals surface area contributed by atoms with E-state index in [1.54, 1.807) is 62.3 Å². The van der Waals surface area contributed by atoms with Crippen LogP contribution in [0.15, 0.2) is 15.8 Å². The lowest BCUT2D eigenvalue weighted by Gasteiger charge is -2.26. The molecule has 0 atom stereocenters. The molecule has 0 aromatic carbocycles. The minimum atomic E-state index is -3.59. The van der Waals surface area contributed by atoms with Crippen LogP contribution < -0.4 is 11.2 Å². The fourth-order valence-corrected chi connectivity index (χ4v) is 6.69. The molecule has 0 fully saturated rings. The first-order chi connectivity index (χ1) is 16.6. The van der Waals surface area contributed by atoms with Crippen LogP contribution in [0.2, 0.25) is 0 Å². The standard InChI is InChI=1S/C22H42N2O10P2/c1-15(2)31-35(27,32-16(3)4)13-29-11-20(24-10-19(9)21(25)23-22(24)26)12-30-14-36(28,33-17(5)6)34-18(7)8/h10,15-18,20H,11-14H2,1-9H3,(H,23,25,26). The van der Waals surface area contributed by atoms with Crippen LogP contribution in [-0.4, -0.2) is 59.9 Å². The number of aromatic amines is 1. The molecule has 1 heterocycles. The first-order valence-corrected chi connectivity index (χ1v) is 15.4. The summed E-state index contributed by atoms with van der Waals surface area (Å²) in [5.74, 6) is 0. The van der Waals surface area contributed by atoms with E-state index in [4.69, 9.17) is 27.6 Å². The SMILES string of the molecule is Cc1cn(C(COCP(=O)(OC(C)C)OC(C)C)COCP(=O)(OC(C)C)OC(C)C)c(=O)[nH]c1=O. The monoisotopic (exact) mass is 556 g/mol. The molecule has 0 spiro atoms. The summed E-state index contributed by atoms with van der Waals surface area (Å²) < 4.78 is 60.7. The summed E-state index contributed by atoms with van der Waals surface area (Å²) in [6.07, 6.45) is -0.793. The molecule has 0 saturated heterocycles. The molecule has 0 aliphatic rings. The second-order valence-electron chi connectivity index (χ2n) is 9.47. The molecule has 1 aromatic heterocycles. The summed E-state index contributed by atoms with van der Waals surface area (Å²) in [6, 6.07) is -0.772. The number of aryl methyl sites for hydroxylation is 1. The zero-order valence-electron chi connectivity index (χ0n) is 22.7. The number of nitrogens with zero attached hydrogens (tertiary/aromatic N) is 1. The Morgan fingerprint density at radius 1 is 0.750 bits per heavy atom. The Kier molecular flexibility index (Phi) is 13.5. The van der Waals surface area contributed by atoms with Gasteiger partial charge < -0.3 is 27.6 Å². The van der Waals surface area contributed by atoms with Crippen molar-refractivity contribution in [2.75, 3.05) is 25.9 Å². The summed E-state index contributed by atoms with van der Waals surface area (Å²) in [7, 11) is -7.17. The number of nitrogens with one attached hydrogen (secondary N) is 1. The molecule has 0 saturated carbocycles. The maximum Gasteiger partial charge on any atom is 0.356 e. The van der Waals surface area contributed by atoms with Crippen LogP contribution in [-0.2, 0) is 36.7 Å². The molecule has 210 valence electrons. The van der Waals surface area contributed by atoms with Gasteiger partial charge in [0.05, 0.1) is 43.7 Å². The van der Waals surface area contributed by atoms with Crippen molar-refractivity contribution in [2.24, 2.45) is 0 Å². The number of aromatic nitrogens is 2. The van der Waals surface area contributed by atoms with Gasteiger partial charge in [0, 0.05) is 11.8 Å².